The molecule has 1 saturated heterocycles. The van der Waals surface area contributed by atoms with E-state index >= 15 is 0 Å². The number of fused-ring (bicyclic) bond motifs is 1. The molecule has 7 nitrogen and oxygen atoms in total. The van der Waals surface area contributed by atoms with Gasteiger partial charge in [-0.1, -0.05) is 31.2 Å². The van der Waals surface area contributed by atoms with Gasteiger partial charge in [-0.15, -0.1) is 0 Å². The Labute approximate surface area is 194 Å². The summed E-state index contributed by atoms with van der Waals surface area (Å²) in [7, 11) is 3.23. The van der Waals surface area contributed by atoms with Crippen LogP contribution in [0.5, 0.6) is 11.5 Å². The molecule has 4 atom stereocenters. The van der Waals surface area contributed by atoms with Crippen LogP contribution in [0.15, 0.2) is 48.5 Å². The van der Waals surface area contributed by atoms with Crippen LogP contribution in [0.4, 0.5) is 0 Å². The van der Waals surface area contributed by atoms with Gasteiger partial charge in [0, 0.05) is 30.5 Å². The van der Waals surface area contributed by atoms with Crippen molar-refractivity contribution in [2.75, 3.05) is 20.8 Å². The maximum Gasteiger partial charge on any atom is 0.223 e. The van der Waals surface area contributed by atoms with E-state index in [2.05, 4.69) is 6.92 Å². The molecular weight excluding hydrogens is 418 g/mol. The minimum Gasteiger partial charge on any atom is -0.493 e. The molecule has 0 aromatic heterocycles. The molecule has 4 rings (SSSR count). The summed E-state index contributed by atoms with van der Waals surface area (Å²) in [6.45, 7) is 2.74. The number of nitrogens with zero attached hydrogens (tertiary/aromatic N) is 1. The van der Waals surface area contributed by atoms with Crippen LogP contribution in [0, 0.1) is 28.6 Å². The molecule has 1 heterocycles. The fraction of sp³-hybridized carbons (Fsp3) is 0.423. The molecule has 174 valence electrons. The van der Waals surface area contributed by atoms with E-state index in [0.717, 1.165) is 18.4 Å². The molecule has 2 aromatic rings. The van der Waals surface area contributed by atoms with E-state index < -0.39 is 0 Å². The monoisotopic (exact) mass is 449 g/mol. The van der Waals surface area contributed by atoms with Gasteiger partial charge in [0.2, 0.25) is 11.8 Å². The summed E-state index contributed by atoms with van der Waals surface area (Å²) in [4.78, 5) is 14.9. The summed E-state index contributed by atoms with van der Waals surface area (Å²) in [6.07, 6.45) is 1.99. The first kappa shape index (κ1) is 22.8. The van der Waals surface area contributed by atoms with Crippen molar-refractivity contribution in [2.45, 2.75) is 32.2 Å². The van der Waals surface area contributed by atoms with E-state index in [1.165, 1.54) is 0 Å². The Balaban J connectivity index is 1.41. The summed E-state index contributed by atoms with van der Waals surface area (Å²) < 4.78 is 16.4. The molecule has 33 heavy (non-hydrogen) atoms. The summed E-state index contributed by atoms with van der Waals surface area (Å²) in [5.74, 6) is 1.68. The SMILES string of the molecule is COc1ccc(CCN2C(=O)CC3C2CC(C)[C@H]3C(=N)OC(=N)c2ccccc2)cc1OC. The normalized spacial score (nSPS) is 23.8. The van der Waals surface area contributed by atoms with Crippen molar-refractivity contribution < 1.29 is 19.0 Å². The van der Waals surface area contributed by atoms with Gasteiger partial charge >= 0.3 is 0 Å². The van der Waals surface area contributed by atoms with Crippen LogP contribution in [0.1, 0.15) is 30.9 Å². The van der Waals surface area contributed by atoms with E-state index in [1.807, 2.05) is 41.3 Å². The number of nitrogens with one attached hydrogen (secondary N) is 2. The van der Waals surface area contributed by atoms with Crippen LogP contribution in [-0.2, 0) is 16.0 Å². The Morgan fingerprint density at radius 3 is 2.48 bits per heavy atom. The molecule has 2 fully saturated rings. The van der Waals surface area contributed by atoms with Gasteiger partial charge in [0.05, 0.1) is 14.2 Å². The number of rotatable bonds is 7. The lowest BCUT2D eigenvalue weighted by Crippen LogP contribution is -2.35. The number of ether oxygens (including phenoxy) is 3. The highest BCUT2D eigenvalue weighted by Gasteiger charge is 2.52. The van der Waals surface area contributed by atoms with Gasteiger partial charge in [0.25, 0.3) is 0 Å². The number of carbonyl (C=O) groups is 1. The second-order valence-electron chi connectivity index (χ2n) is 8.86. The van der Waals surface area contributed by atoms with Crippen LogP contribution in [0.3, 0.4) is 0 Å². The molecule has 1 saturated carbocycles. The average Bonchev–Trinajstić information content (AvgIpc) is 3.30. The minimum atomic E-state index is -0.158. The molecule has 2 N–H and O–H groups in total. The largest absolute Gasteiger partial charge is 0.493 e. The molecule has 7 heteroatoms. The van der Waals surface area contributed by atoms with Crippen molar-refractivity contribution in [2.24, 2.45) is 17.8 Å². The van der Waals surface area contributed by atoms with E-state index in [-0.39, 0.29) is 41.5 Å². The third-order valence-corrected chi connectivity index (χ3v) is 6.95. The van der Waals surface area contributed by atoms with Gasteiger partial charge in [-0.05, 0) is 54.5 Å². The first-order valence-electron chi connectivity index (χ1n) is 11.3. The Kier molecular flexibility index (Phi) is 6.67. The number of likely N-dealkylation sites (tertiary alicyclic amines) is 1. The van der Waals surface area contributed by atoms with Crippen LogP contribution < -0.4 is 9.47 Å². The highest BCUT2D eigenvalue weighted by Crippen LogP contribution is 2.46. The van der Waals surface area contributed by atoms with Gasteiger partial charge < -0.3 is 19.1 Å². The lowest BCUT2D eigenvalue weighted by Gasteiger charge is -2.25. The fourth-order valence-corrected chi connectivity index (χ4v) is 5.34. The summed E-state index contributed by atoms with van der Waals surface area (Å²) in [5, 5.41) is 16.8. The second-order valence-corrected chi connectivity index (χ2v) is 8.86. The predicted octanol–water partition coefficient (Wildman–Crippen LogP) is 4.14. The van der Waals surface area contributed by atoms with E-state index in [4.69, 9.17) is 25.0 Å². The first-order chi connectivity index (χ1) is 15.9. The minimum absolute atomic E-state index is 0.0223. The zero-order valence-electron chi connectivity index (χ0n) is 19.3. The molecular formula is C26H31N3O4. The Bertz CT molecular complexity index is 1040. The predicted molar refractivity (Wildman–Crippen MR) is 126 cm³/mol. The quantitative estimate of drug-likeness (QED) is 0.491. The molecule has 1 amide bonds. The van der Waals surface area contributed by atoms with Crippen molar-refractivity contribution in [1.29, 1.82) is 10.8 Å². The fourth-order valence-electron chi connectivity index (χ4n) is 5.34. The number of methoxy groups -OCH3 is 2. The zero-order chi connectivity index (χ0) is 23.5. The summed E-state index contributed by atoms with van der Waals surface area (Å²) in [5.41, 5.74) is 1.72. The third-order valence-electron chi connectivity index (χ3n) is 6.95. The third kappa shape index (κ3) is 4.58. The van der Waals surface area contributed by atoms with Crippen molar-refractivity contribution >= 4 is 17.7 Å². The molecule has 0 spiro atoms. The van der Waals surface area contributed by atoms with Crippen molar-refractivity contribution in [1.82, 2.24) is 4.90 Å². The number of benzene rings is 2. The highest BCUT2D eigenvalue weighted by atomic mass is 16.5. The topological polar surface area (TPSA) is 95.7 Å². The van der Waals surface area contributed by atoms with Crippen LogP contribution in [0.2, 0.25) is 0 Å². The number of hydrogen-bond donors (Lipinski definition) is 2. The van der Waals surface area contributed by atoms with Crippen molar-refractivity contribution in [3.8, 4) is 11.5 Å². The second kappa shape index (κ2) is 9.65. The Hall–Kier alpha value is -3.35. The van der Waals surface area contributed by atoms with E-state index in [9.17, 15) is 4.79 Å². The maximum atomic E-state index is 12.9. The van der Waals surface area contributed by atoms with Gasteiger partial charge in [-0.3, -0.25) is 15.6 Å². The summed E-state index contributed by atoms with van der Waals surface area (Å²) in [6, 6.07) is 15.1. The number of hydrogen-bond acceptors (Lipinski definition) is 6. The smallest absolute Gasteiger partial charge is 0.223 e. The Morgan fingerprint density at radius 2 is 1.79 bits per heavy atom. The highest BCUT2D eigenvalue weighted by molar-refractivity contribution is 6.00. The molecule has 1 aliphatic carbocycles. The first-order valence-corrected chi connectivity index (χ1v) is 11.3. The van der Waals surface area contributed by atoms with Crippen molar-refractivity contribution in [3.05, 3.63) is 59.7 Å². The molecule has 3 unspecified atom stereocenters. The average molecular weight is 450 g/mol. The lowest BCUT2D eigenvalue weighted by molar-refractivity contribution is -0.129. The van der Waals surface area contributed by atoms with Gasteiger partial charge in [0.1, 0.15) is 0 Å². The molecule has 2 aliphatic rings. The zero-order valence-corrected chi connectivity index (χ0v) is 19.3. The lowest BCUT2D eigenvalue weighted by atomic mass is 9.88. The van der Waals surface area contributed by atoms with Gasteiger partial charge in [0.15, 0.2) is 17.4 Å². The van der Waals surface area contributed by atoms with Gasteiger partial charge in [-0.2, -0.15) is 0 Å². The molecule has 1 aliphatic heterocycles. The Morgan fingerprint density at radius 1 is 1.06 bits per heavy atom. The van der Waals surface area contributed by atoms with Crippen LogP contribution >= 0.6 is 0 Å². The maximum absolute atomic E-state index is 12.9. The van der Waals surface area contributed by atoms with E-state index in [1.54, 1.807) is 26.4 Å². The summed E-state index contributed by atoms with van der Waals surface area (Å²) >= 11 is 0. The van der Waals surface area contributed by atoms with Crippen LogP contribution in [-0.4, -0.2) is 49.4 Å². The van der Waals surface area contributed by atoms with Crippen LogP contribution in [0.25, 0.3) is 0 Å². The number of amides is 1. The molecule has 2 aromatic carbocycles. The van der Waals surface area contributed by atoms with E-state index in [0.29, 0.717) is 30.0 Å². The molecule has 0 radical (unpaired) electrons. The molecule has 0 bridgehead atoms. The van der Waals surface area contributed by atoms with Gasteiger partial charge in [-0.25, -0.2) is 0 Å². The number of carbonyl (C=O) groups excluding carboxylic acids is 1. The standard InChI is InChI=1S/C26H31N3O4/c1-16-13-20-19(24(16)26(28)33-25(27)18-7-5-4-6-8-18)15-23(30)29(20)12-11-17-9-10-21(31-2)22(14-17)32-3/h4-10,14,16,19-20,24,27-28H,11-13,15H2,1-3H3/t16?,19?,20?,24-/m1/s1. The van der Waals surface area contributed by atoms with Crippen molar-refractivity contribution in [3.63, 3.8) is 0 Å².